The molecule has 26 heavy (non-hydrogen) atoms. The Morgan fingerprint density at radius 1 is 1.08 bits per heavy atom. The maximum absolute atomic E-state index is 11.2. The SMILES string of the molecule is CCCOc1c(Br)cc(CNCCc2ccc(S(N)(=O)=O)cc2)cc1Br. The molecule has 0 unspecified atom stereocenters. The number of hydrogen-bond acceptors (Lipinski definition) is 4. The van der Waals surface area contributed by atoms with E-state index < -0.39 is 10.0 Å². The second kappa shape index (κ2) is 9.85. The van der Waals surface area contributed by atoms with Crippen LogP contribution >= 0.6 is 31.9 Å². The van der Waals surface area contributed by atoms with Gasteiger partial charge in [0.15, 0.2) is 0 Å². The van der Waals surface area contributed by atoms with E-state index >= 15 is 0 Å². The van der Waals surface area contributed by atoms with Gasteiger partial charge in [-0.1, -0.05) is 19.1 Å². The highest BCUT2D eigenvalue weighted by molar-refractivity contribution is 9.11. The molecule has 2 aromatic carbocycles. The van der Waals surface area contributed by atoms with Gasteiger partial charge in [-0.3, -0.25) is 0 Å². The van der Waals surface area contributed by atoms with Crippen LogP contribution in [0.2, 0.25) is 0 Å². The van der Waals surface area contributed by atoms with Gasteiger partial charge in [-0.2, -0.15) is 0 Å². The fraction of sp³-hybridized carbons (Fsp3) is 0.333. The number of nitrogens with two attached hydrogens (primary N) is 1. The lowest BCUT2D eigenvalue weighted by molar-refractivity contribution is 0.313. The van der Waals surface area contributed by atoms with Gasteiger partial charge in [0.1, 0.15) is 5.75 Å². The number of halogens is 2. The van der Waals surface area contributed by atoms with Crippen LogP contribution in [0.4, 0.5) is 0 Å². The van der Waals surface area contributed by atoms with E-state index in [1.165, 1.54) is 12.1 Å². The molecular formula is C18H22Br2N2O3S. The Morgan fingerprint density at radius 3 is 2.23 bits per heavy atom. The molecule has 142 valence electrons. The molecule has 0 heterocycles. The fourth-order valence-corrected chi connectivity index (χ4v) is 4.39. The molecule has 2 aromatic rings. The van der Waals surface area contributed by atoms with Crippen molar-refractivity contribution >= 4 is 41.9 Å². The Kier molecular flexibility index (Phi) is 8.09. The average Bonchev–Trinajstić information content (AvgIpc) is 2.58. The molecule has 0 saturated carbocycles. The first-order chi connectivity index (χ1) is 12.3. The minimum Gasteiger partial charge on any atom is -0.491 e. The lowest BCUT2D eigenvalue weighted by Crippen LogP contribution is -2.17. The van der Waals surface area contributed by atoms with Crippen LogP contribution in [0.15, 0.2) is 50.2 Å². The van der Waals surface area contributed by atoms with Crippen molar-refractivity contribution in [2.75, 3.05) is 13.2 Å². The van der Waals surface area contributed by atoms with Crippen LogP contribution in [-0.4, -0.2) is 21.6 Å². The zero-order valence-corrected chi connectivity index (χ0v) is 18.5. The summed E-state index contributed by atoms with van der Waals surface area (Å²) in [4.78, 5) is 0.134. The highest BCUT2D eigenvalue weighted by Crippen LogP contribution is 2.34. The van der Waals surface area contributed by atoms with Crippen LogP contribution in [0.3, 0.4) is 0 Å². The molecule has 0 spiro atoms. The molecule has 0 bridgehead atoms. The lowest BCUT2D eigenvalue weighted by Gasteiger charge is -2.12. The predicted molar refractivity (Wildman–Crippen MR) is 111 cm³/mol. The van der Waals surface area contributed by atoms with Crippen molar-refractivity contribution < 1.29 is 13.2 Å². The molecule has 0 fully saturated rings. The molecule has 0 amide bonds. The zero-order valence-electron chi connectivity index (χ0n) is 14.5. The van der Waals surface area contributed by atoms with Gasteiger partial charge in [0, 0.05) is 6.54 Å². The summed E-state index contributed by atoms with van der Waals surface area (Å²) in [6, 6.07) is 10.7. The van der Waals surface area contributed by atoms with E-state index in [4.69, 9.17) is 9.88 Å². The quantitative estimate of drug-likeness (QED) is 0.505. The molecule has 0 atom stereocenters. The first-order valence-corrected chi connectivity index (χ1v) is 11.4. The third-order valence-electron chi connectivity index (χ3n) is 3.68. The van der Waals surface area contributed by atoms with Crippen LogP contribution < -0.4 is 15.2 Å². The molecule has 3 N–H and O–H groups in total. The van der Waals surface area contributed by atoms with Crippen LogP contribution in [0.5, 0.6) is 5.75 Å². The van der Waals surface area contributed by atoms with Crippen LogP contribution in [-0.2, 0) is 23.0 Å². The zero-order chi connectivity index (χ0) is 19.2. The summed E-state index contributed by atoms with van der Waals surface area (Å²) in [6.45, 7) is 4.25. The fourth-order valence-electron chi connectivity index (χ4n) is 2.37. The van der Waals surface area contributed by atoms with Crippen molar-refractivity contribution in [2.24, 2.45) is 5.14 Å². The Hall–Kier alpha value is -0.930. The molecule has 0 aliphatic carbocycles. The van der Waals surface area contributed by atoms with Gasteiger partial charge < -0.3 is 10.1 Å². The van der Waals surface area contributed by atoms with E-state index in [1.54, 1.807) is 12.1 Å². The minimum absolute atomic E-state index is 0.134. The van der Waals surface area contributed by atoms with Gasteiger partial charge in [-0.15, -0.1) is 0 Å². The van der Waals surface area contributed by atoms with Crippen LogP contribution in [0.1, 0.15) is 24.5 Å². The Labute approximate surface area is 171 Å². The van der Waals surface area contributed by atoms with Crippen molar-refractivity contribution in [2.45, 2.75) is 31.2 Å². The van der Waals surface area contributed by atoms with Crippen LogP contribution in [0, 0.1) is 0 Å². The summed E-state index contributed by atoms with van der Waals surface area (Å²) in [5.74, 6) is 0.825. The summed E-state index contributed by atoms with van der Waals surface area (Å²) < 4.78 is 30.1. The normalized spacial score (nSPS) is 11.5. The average molecular weight is 506 g/mol. The van der Waals surface area contributed by atoms with E-state index in [1.807, 2.05) is 12.1 Å². The number of nitrogens with one attached hydrogen (secondary N) is 1. The Morgan fingerprint density at radius 2 is 1.69 bits per heavy atom. The van der Waals surface area contributed by atoms with Crippen molar-refractivity contribution in [3.63, 3.8) is 0 Å². The monoisotopic (exact) mass is 504 g/mol. The second-order valence-electron chi connectivity index (χ2n) is 5.85. The Bertz CT molecular complexity index is 817. The molecule has 2 rings (SSSR count). The van der Waals surface area contributed by atoms with Crippen molar-refractivity contribution in [1.29, 1.82) is 0 Å². The maximum atomic E-state index is 11.2. The standard InChI is InChI=1S/C18H22Br2N2O3S/c1-2-9-25-18-16(19)10-14(11-17(18)20)12-22-8-7-13-3-5-15(6-4-13)26(21,23)24/h3-6,10-11,22H,2,7-9,12H2,1H3,(H2,21,23,24). The molecular weight excluding hydrogens is 484 g/mol. The predicted octanol–water partition coefficient (Wildman–Crippen LogP) is 3.98. The third-order valence-corrected chi connectivity index (χ3v) is 5.79. The highest BCUT2D eigenvalue weighted by atomic mass is 79.9. The van der Waals surface area contributed by atoms with Crippen LogP contribution in [0.25, 0.3) is 0 Å². The first-order valence-electron chi connectivity index (χ1n) is 8.24. The number of primary sulfonamides is 1. The summed E-state index contributed by atoms with van der Waals surface area (Å²) in [7, 11) is -3.63. The van der Waals surface area contributed by atoms with E-state index in [2.05, 4.69) is 44.1 Å². The first kappa shape index (κ1) is 21.4. The summed E-state index contributed by atoms with van der Waals surface area (Å²) in [5, 5.41) is 8.48. The van der Waals surface area contributed by atoms with Gasteiger partial charge in [-0.05, 0) is 86.6 Å². The van der Waals surface area contributed by atoms with Crippen molar-refractivity contribution in [3.05, 3.63) is 56.5 Å². The molecule has 0 radical (unpaired) electrons. The second-order valence-corrected chi connectivity index (χ2v) is 9.12. The largest absolute Gasteiger partial charge is 0.491 e. The number of ether oxygens (including phenoxy) is 1. The Balaban J connectivity index is 1.86. The van der Waals surface area contributed by atoms with Gasteiger partial charge in [0.2, 0.25) is 10.0 Å². The molecule has 0 aliphatic rings. The van der Waals surface area contributed by atoms with Gasteiger partial charge in [0.25, 0.3) is 0 Å². The molecule has 0 saturated heterocycles. The number of rotatable bonds is 9. The topological polar surface area (TPSA) is 81.4 Å². The smallest absolute Gasteiger partial charge is 0.238 e. The summed E-state index contributed by atoms with van der Waals surface area (Å²) in [6.07, 6.45) is 1.76. The van der Waals surface area contributed by atoms with Gasteiger partial charge >= 0.3 is 0 Å². The molecule has 0 aliphatic heterocycles. The van der Waals surface area contributed by atoms with E-state index in [9.17, 15) is 8.42 Å². The van der Waals surface area contributed by atoms with Gasteiger partial charge in [-0.25, -0.2) is 13.6 Å². The third kappa shape index (κ3) is 6.35. The number of benzene rings is 2. The summed E-state index contributed by atoms with van der Waals surface area (Å²) in [5.41, 5.74) is 2.19. The van der Waals surface area contributed by atoms with E-state index in [0.29, 0.717) is 6.61 Å². The summed E-state index contributed by atoms with van der Waals surface area (Å²) >= 11 is 7.11. The maximum Gasteiger partial charge on any atom is 0.238 e. The lowest BCUT2D eigenvalue weighted by atomic mass is 10.1. The van der Waals surface area contributed by atoms with E-state index in [0.717, 1.165) is 51.8 Å². The van der Waals surface area contributed by atoms with Crippen molar-refractivity contribution in [1.82, 2.24) is 5.32 Å². The number of sulfonamides is 1. The minimum atomic E-state index is -3.63. The molecule has 5 nitrogen and oxygen atoms in total. The van der Waals surface area contributed by atoms with E-state index in [-0.39, 0.29) is 4.90 Å². The highest BCUT2D eigenvalue weighted by Gasteiger charge is 2.09. The number of hydrogen-bond donors (Lipinski definition) is 2. The molecule has 8 heteroatoms. The van der Waals surface area contributed by atoms with Gasteiger partial charge in [0.05, 0.1) is 20.4 Å². The van der Waals surface area contributed by atoms with Crippen molar-refractivity contribution in [3.8, 4) is 5.75 Å². The molecule has 0 aromatic heterocycles.